The number of β-lactam (4-membered cyclic amide) rings is 1. The quantitative estimate of drug-likeness (QED) is 0.403. The Morgan fingerprint density at radius 1 is 1.48 bits per heavy atom. The number of nitrogens with zero attached hydrogens (tertiary/aromatic N) is 1. The fourth-order valence-electron chi connectivity index (χ4n) is 2.84. The summed E-state index contributed by atoms with van der Waals surface area (Å²) in [5.74, 6) is -3.03. The molecule has 1 fully saturated rings. The van der Waals surface area contributed by atoms with Crippen LogP contribution in [0.5, 0.6) is 0 Å². The van der Waals surface area contributed by atoms with Gasteiger partial charge in [0, 0.05) is 24.4 Å². The van der Waals surface area contributed by atoms with Crippen LogP contribution in [0.3, 0.4) is 0 Å². The van der Waals surface area contributed by atoms with Gasteiger partial charge in [-0.25, -0.2) is 8.98 Å². The molecule has 12 heteroatoms. The van der Waals surface area contributed by atoms with Gasteiger partial charge in [0.2, 0.25) is 11.8 Å². The molecule has 0 aromatic carbocycles. The van der Waals surface area contributed by atoms with Gasteiger partial charge in [-0.3, -0.25) is 14.1 Å². The van der Waals surface area contributed by atoms with Gasteiger partial charge >= 0.3 is 16.4 Å². The second-order valence-corrected chi connectivity index (χ2v) is 7.48. The molecule has 3 N–H and O–H groups in total. The number of hydrogen-bond acceptors (Lipinski definition) is 7. The van der Waals surface area contributed by atoms with Gasteiger partial charge < -0.3 is 15.3 Å². The number of hydrogen-bond donors (Lipinski definition) is 3. The molecule has 0 aromatic rings. The molecule has 0 spiro atoms. The molecule has 0 radical (unpaired) electrons. The zero-order valence-corrected chi connectivity index (χ0v) is 14.8. The molecule has 2 amide bonds. The third-order valence-electron chi connectivity index (χ3n) is 3.71. The average molecular weight is 392 g/mol. The van der Waals surface area contributed by atoms with Crippen molar-refractivity contribution in [2.75, 3.05) is 0 Å². The van der Waals surface area contributed by atoms with Crippen LogP contribution in [-0.4, -0.2) is 52.9 Å². The van der Waals surface area contributed by atoms with E-state index in [0.29, 0.717) is 4.91 Å². The van der Waals surface area contributed by atoms with Crippen molar-refractivity contribution >= 4 is 39.9 Å². The van der Waals surface area contributed by atoms with E-state index in [2.05, 4.69) is 9.50 Å². The van der Waals surface area contributed by atoms with Gasteiger partial charge in [-0.15, -0.1) is 0 Å². The van der Waals surface area contributed by atoms with Crippen LogP contribution in [0.25, 0.3) is 0 Å². The molecule has 0 aliphatic carbocycles. The number of nitrogens with one attached hydrogen (secondary N) is 1. The van der Waals surface area contributed by atoms with E-state index in [9.17, 15) is 27.9 Å². The molecule has 0 unspecified atom stereocenters. The summed E-state index contributed by atoms with van der Waals surface area (Å²) in [7, 11) is -4.72. The predicted molar refractivity (Wildman–Crippen MR) is 86.0 cm³/mol. The van der Waals surface area contributed by atoms with Crippen molar-refractivity contribution in [3.8, 4) is 0 Å². The van der Waals surface area contributed by atoms with Gasteiger partial charge in [-0.1, -0.05) is 11.8 Å². The predicted octanol–water partition coefficient (Wildman–Crippen LogP) is 0.0617. The summed E-state index contributed by atoms with van der Waals surface area (Å²) in [4.78, 5) is 36.0. The number of thioether (sulfide) groups is 1. The lowest BCUT2D eigenvalue weighted by molar-refractivity contribution is -0.160. The highest BCUT2D eigenvalue weighted by molar-refractivity contribution is 8.05. The van der Waals surface area contributed by atoms with E-state index in [1.54, 1.807) is 0 Å². The minimum atomic E-state index is -4.72. The minimum Gasteiger partial charge on any atom is -0.477 e. The number of fused-ring (bicyclic) bond motifs is 1. The van der Waals surface area contributed by atoms with Crippen molar-refractivity contribution in [1.29, 1.82) is 0 Å². The molecule has 1 saturated heterocycles. The molecule has 2 aliphatic rings. The molecule has 2 aliphatic heterocycles. The Morgan fingerprint density at radius 2 is 2.12 bits per heavy atom. The summed E-state index contributed by atoms with van der Waals surface area (Å²) in [5.41, 5.74) is -0.178. The number of carbonyl (C=O) groups is 3. The van der Waals surface area contributed by atoms with Crippen LogP contribution < -0.4 is 5.32 Å². The van der Waals surface area contributed by atoms with Gasteiger partial charge in [-0.2, -0.15) is 8.42 Å². The van der Waals surface area contributed by atoms with Crippen molar-refractivity contribution < 1.29 is 36.6 Å². The second kappa shape index (κ2) is 7.15. The van der Waals surface area contributed by atoms with E-state index in [4.69, 9.17) is 4.55 Å². The largest absolute Gasteiger partial charge is 0.477 e. The van der Waals surface area contributed by atoms with E-state index in [-0.39, 0.29) is 18.0 Å². The van der Waals surface area contributed by atoms with Crippen LogP contribution in [0.1, 0.15) is 20.3 Å². The summed E-state index contributed by atoms with van der Waals surface area (Å²) < 4.78 is 34.8. The number of rotatable bonds is 7. The topological polar surface area (TPSA) is 150 Å². The number of carboxylic acids is 1. The first-order chi connectivity index (χ1) is 11.5. The first kappa shape index (κ1) is 19.4. The first-order valence-electron chi connectivity index (χ1n) is 7.07. The first-order valence-corrected chi connectivity index (χ1v) is 9.31. The normalized spacial score (nSPS) is 24.3. The van der Waals surface area contributed by atoms with Crippen LogP contribution in [0.4, 0.5) is 0 Å². The van der Waals surface area contributed by atoms with E-state index in [0.717, 1.165) is 16.7 Å². The minimum absolute atomic E-state index is 0.178. The molecule has 0 aromatic heterocycles. The Balaban J connectivity index is 2.14. The molecule has 138 valence electrons. The Morgan fingerprint density at radius 3 is 2.64 bits per heavy atom. The van der Waals surface area contributed by atoms with Crippen molar-refractivity contribution in [3.63, 3.8) is 0 Å². The SMILES string of the molecule is CC(=O)N/C=C\SC1=C(C(=O)O)N2C(=O)[C@@H]([C@H](C)OS(=O)(=O)O)[C@@H]2C1. The Bertz CT molecular complexity index is 773. The summed E-state index contributed by atoms with van der Waals surface area (Å²) in [6.45, 7) is 2.63. The zero-order valence-electron chi connectivity index (χ0n) is 13.2. The van der Waals surface area contributed by atoms with Crippen LogP contribution in [-0.2, 0) is 29.0 Å². The number of amides is 2. The maximum atomic E-state index is 12.2. The fourth-order valence-corrected chi connectivity index (χ4v) is 4.21. The van der Waals surface area contributed by atoms with Crippen molar-refractivity contribution in [2.45, 2.75) is 32.4 Å². The molecule has 3 atom stereocenters. The van der Waals surface area contributed by atoms with Crippen LogP contribution >= 0.6 is 11.8 Å². The third kappa shape index (κ3) is 4.21. The molecule has 0 bridgehead atoms. The summed E-state index contributed by atoms with van der Waals surface area (Å²) in [6, 6.07) is -0.563. The van der Waals surface area contributed by atoms with Gasteiger partial charge in [0.15, 0.2) is 0 Å². The van der Waals surface area contributed by atoms with Crippen molar-refractivity contribution in [2.24, 2.45) is 5.92 Å². The molecular weight excluding hydrogens is 376 g/mol. The highest BCUT2D eigenvalue weighted by atomic mass is 32.3. The van der Waals surface area contributed by atoms with Crippen molar-refractivity contribution in [1.82, 2.24) is 10.2 Å². The molecule has 2 rings (SSSR count). The molecule has 0 saturated carbocycles. The molecule has 25 heavy (non-hydrogen) atoms. The summed E-state index contributed by atoms with van der Waals surface area (Å²) in [6.07, 6.45) is 0.420. The van der Waals surface area contributed by atoms with Gasteiger partial charge in [0.05, 0.1) is 18.1 Å². The van der Waals surface area contributed by atoms with Crippen LogP contribution in [0.15, 0.2) is 22.2 Å². The third-order valence-corrected chi connectivity index (χ3v) is 5.18. The highest BCUT2D eigenvalue weighted by Crippen LogP contribution is 2.47. The van der Waals surface area contributed by atoms with Crippen molar-refractivity contribution in [3.05, 3.63) is 22.2 Å². The standard InChI is InChI=1S/C13H16N2O8S2/c1-6(23-25(20,21)22)10-8-5-9(24-4-3-14-7(2)16)11(13(18)19)15(8)12(10)17/h3-4,6,8,10H,5H2,1-2H3,(H,14,16)(H,18,19)(H,20,21,22)/b4-3-/t6-,8-,10-/m0/s1. The van der Waals surface area contributed by atoms with Gasteiger partial charge in [0.25, 0.3) is 0 Å². The van der Waals surface area contributed by atoms with E-state index < -0.39 is 40.3 Å². The fraction of sp³-hybridized carbons (Fsp3) is 0.462. The van der Waals surface area contributed by atoms with E-state index in [1.807, 2.05) is 0 Å². The monoisotopic (exact) mass is 392 g/mol. The molecular formula is C13H16N2O8S2. The number of carbonyl (C=O) groups excluding carboxylic acids is 2. The van der Waals surface area contributed by atoms with Gasteiger partial charge in [-0.05, 0) is 12.3 Å². The summed E-state index contributed by atoms with van der Waals surface area (Å²) in [5, 5.41) is 13.2. The second-order valence-electron chi connectivity index (χ2n) is 5.43. The lowest BCUT2D eigenvalue weighted by atomic mass is 9.83. The molecule has 10 nitrogen and oxygen atoms in total. The van der Waals surface area contributed by atoms with Crippen LogP contribution in [0, 0.1) is 5.92 Å². The maximum Gasteiger partial charge on any atom is 0.397 e. The smallest absolute Gasteiger partial charge is 0.397 e. The van der Waals surface area contributed by atoms with E-state index >= 15 is 0 Å². The number of aliphatic carboxylic acids is 1. The molecule has 2 heterocycles. The van der Waals surface area contributed by atoms with Crippen LogP contribution in [0.2, 0.25) is 0 Å². The Hall–Kier alpha value is -1.89. The highest BCUT2D eigenvalue weighted by Gasteiger charge is 2.57. The Kier molecular flexibility index (Phi) is 5.56. The Labute approximate surface area is 147 Å². The lowest BCUT2D eigenvalue weighted by Crippen LogP contribution is -2.62. The lowest BCUT2D eigenvalue weighted by Gasteiger charge is -2.45. The average Bonchev–Trinajstić information content (AvgIpc) is 2.76. The maximum absolute atomic E-state index is 12.2. The zero-order chi connectivity index (χ0) is 18.9. The van der Waals surface area contributed by atoms with E-state index in [1.165, 1.54) is 25.5 Å². The summed E-state index contributed by atoms with van der Waals surface area (Å²) >= 11 is 1.04. The van der Waals surface area contributed by atoms with Gasteiger partial charge in [0.1, 0.15) is 5.70 Å². The number of carboxylic acid groups (broad SMARTS) is 1.